The average molecular weight is 409 g/mol. The molecule has 30 heavy (non-hydrogen) atoms. The Hall–Kier alpha value is -2.54. The molecule has 0 saturated carbocycles. The molecule has 0 radical (unpaired) electrons. The van der Waals surface area contributed by atoms with Crippen molar-refractivity contribution in [3.8, 4) is 0 Å². The molecule has 1 aliphatic rings. The third kappa shape index (κ3) is 3.67. The third-order valence-electron chi connectivity index (χ3n) is 6.77. The van der Waals surface area contributed by atoms with Gasteiger partial charge in [0.1, 0.15) is 6.04 Å². The number of rotatable bonds is 5. The summed E-state index contributed by atoms with van der Waals surface area (Å²) < 4.78 is 1.91. The van der Waals surface area contributed by atoms with Crippen LogP contribution < -0.4 is 5.56 Å². The van der Waals surface area contributed by atoms with Gasteiger partial charge < -0.3 is 4.98 Å². The van der Waals surface area contributed by atoms with Gasteiger partial charge in [-0.05, 0) is 86.5 Å². The van der Waals surface area contributed by atoms with Gasteiger partial charge >= 0.3 is 0 Å². The molecule has 1 N–H and O–H groups in total. The standard InChI is InChI=1S/C23H32N6O/c1-6-23(4,5)29-21(25-26-27-29)20(28-12-10-15(2)11-13-28)18-14-17-9-7-8-16(3)19(17)24-22(18)30/h7-9,14-15,20H,6,10-13H2,1-5H3,(H,24,30)/t20-/m1/s1. The monoisotopic (exact) mass is 408 g/mol. The number of likely N-dealkylation sites (tertiary alicyclic amines) is 1. The van der Waals surface area contributed by atoms with E-state index in [1.54, 1.807) is 0 Å². The molecular formula is C23H32N6O. The minimum Gasteiger partial charge on any atom is -0.321 e. The van der Waals surface area contributed by atoms with Gasteiger partial charge in [0.15, 0.2) is 5.82 Å². The Bertz CT molecular complexity index is 1090. The number of hydrogen-bond donors (Lipinski definition) is 1. The zero-order valence-electron chi connectivity index (χ0n) is 18.6. The maximum atomic E-state index is 13.3. The van der Waals surface area contributed by atoms with Crippen LogP contribution in [-0.2, 0) is 5.54 Å². The lowest BCUT2D eigenvalue weighted by Crippen LogP contribution is -2.41. The highest BCUT2D eigenvalue weighted by Gasteiger charge is 2.35. The highest BCUT2D eigenvalue weighted by molar-refractivity contribution is 5.82. The number of nitrogens with one attached hydrogen (secondary N) is 1. The van der Waals surface area contributed by atoms with Crippen molar-refractivity contribution >= 4 is 10.9 Å². The van der Waals surface area contributed by atoms with Crippen LogP contribution in [0.5, 0.6) is 0 Å². The predicted octanol–water partition coefficient (Wildman–Crippen LogP) is 3.79. The molecule has 3 aromatic rings. The van der Waals surface area contributed by atoms with Gasteiger partial charge in [0, 0.05) is 5.56 Å². The van der Waals surface area contributed by atoms with E-state index in [9.17, 15) is 4.79 Å². The Morgan fingerprint density at radius 3 is 2.70 bits per heavy atom. The molecule has 1 aromatic carbocycles. The number of piperidine rings is 1. The van der Waals surface area contributed by atoms with Crippen molar-refractivity contribution in [2.45, 2.75) is 65.5 Å². The van der Waals surface area contributed by atoms with E-state index in [0.29, 0.717) is 11.5 Å². The second-order valence-electron chi connectivity index (χ2n) is 9.33. The van der Waals surface area contributed by atoms with Crippen LogP contribution in [0.2, 0.25) is 0 Å². The first-order valence-corrected chi connectivity index (χ1v) is 11.0. The number of H-pyrrole nitrogens is 1. The molecule has 0 unspecified atom stereocenters. The second kappa shape index (κ2) is 7.95. The van der Waals surface area contributed by atoms with Gasteiger partial charge in [0.2, 0.25) is 0 Å². The maximum Gasteiger partial charge on any atom is 0.253 e. The van der Waals surface area contributed by atoms with E-state index in [-0.39, 0.29) is 17.1 Å². The van der Waals surface area contributed by atoms with E-state index in [0.717, 1.165) is 54.6 Å². The van der Waals surface area contributed by atoms with E-state index in [1.807, 2.05) is 29.8 Å². The molecule has 1 atom stereocenters. The minimum absolute atomic E-state index is 0.0655. The lowest BCUT2D eigenvalue weighted by molar-refractivity contribution is 0.143. The van der Waals surface area contributed by atoms with Crippen molar-refractivity contribution in [1.82, 2.24) is 30.1 Å². The van der Waals surface area contributed by atoms with Crippen molar-refractivity contribution in [3.63, 3.8) is 0 Å². The van der Waals surface area contributed by atoms with E-state index in [1.165, 1.54) is 0 Å². The Morgan fingerprint density at radius 1 is 1.27 bits per heavy atom. The van der Waals surface area contributed by atoms with Crippen LogP contribution in [0.1, 0.15) is 70.0 Å². The molecule has 0 aliphatic carbocycles. The van der Waals surface area contributed by atoms with Crippen molar-refractivity contribution < 1.29 is 0 Å². The van der Waals surface area contributed by atoms with Crippen molar-refractivity contribution in [3.05, 3.63) is 51.6 Å². The topological polar surface area (TPSA) is 79.7 Å². The zero-order valence-corrected chi connectivity index (χ0v) is 18.6. The number of pyridine rings is 1. The number of aromatic nitrogens is 5. The number of tetrazole rings is 1. The van der Waals surface area contributed by atoms with Crippen LogP contribution in [0.4, 0.5) is 0 Å². The van der Waals surface area contributed by atoms with Gasteiger partial charge in [-0.25, -0.2) is 4.68 Å². The molecule has 2 aromatic heterocycles. The lowest BCUT2D eigenvalue weighted by atomic mass is 9.94. The second-order valence-corrected chi connectivity index (χ2v) is 9.33. The molecule has 160 valence electrons. The Labute approximate surface area is 177 Å². The van der Waals surface area contributed by atoms with Crippen LogP contribution >= 0.6 is 0 Å². The van der Waals surface area contributed by atoms with Crippen molar-refractivity contribution in [2.24, 2.45) is 5.92 Å². The zero-order chi connectivity index (χ0) is 21.5. The molecule has 3 heterocycles. The Balaban J connectivity index is 1.90. The average Bonchev–Trinajstić information content (AvgIpc) is 3.21. The highest BCUT2D eigenvalue weighted by Crippen LogP contribution is 2.33. The van der Waals surface area contributed by atoms with Crippen LogP contribution in [0.25, 0.3) is 10.9 Å². The van der Waals surface area contributed by atoms with E-state index >= 15 is 0 Å². The summed E-state index contributed by atoms with van der Waals surface area (Å²) >= 11 is 0. The van der Waals surface area contributed by atoms with Gasteiger partial charge in [-0.2, -0.15) is 0 Å². The third-order valence-corrected chi connectivity index (χ3v) is 6.77. The van der Waals surface area contributed by atoms with Gasteiger partial charge in [-0.1, -0.05) is 32.0 Å². The lowest BCUT2D eigenvalue weighted by Gasteiger charge is -2.37. The molecule has 1 saturated heterocycles. The van der Waals surface area contributed by atoms with E-state index in [2.05, 4.69) is 59.2 Å². The van der Waals surface area contributed by atoms with E-state index < -0.39 is 0 Å². The van der Waals surface area contributed by atoms with Crippen LogP contribution in [0, 0.1) is 12.8 Å². The van der Waals surface area contributed by atoms with Crippen molar-refractivity contribution in [1.29, 1.82) is 0 Å². The fourth-order valence-electron chi connectivity index (χ4n) is 4.33. The summed E-state index contributed by atoms with van der Waals surface area (Å²) in [6.45, 7) is 12.6. The Morgan fingerprint density at radius 2 is 2.00 bits per heavy atom. The number of fused-ring (bicyclic) bond motifs is 1. The first kappa shape index (κ1) is 20.7. The summed E-state index contributed by atoms with van der Waals surface area (Å²) in [6.07, 6.45) is 3.11. The first-order valence-electron chi connectivity index (χ1n) is 11.0. The maximum absolute atomic E-state index is 13.3. The van der Waals surface area contributed by atoms with Gasteiger partial charge in [-0.15, -0.1) is 5.10 Å². The minimum atomic E-state index is -0.271. The highest BCUT2D eigenvalue weighted by atomic mass is 16.1. The first-order chi connectivity index (χ1) is 14.3. The number of nitrogens with zero attached hydrogens (tertiary/aromatic N) is 5. The molecular weight excluding hydrogens is 376 g/mol. The molecule has 0 amide bonds. The summed E-state index contributed by atoms with van der Waals surface area (Å²) in [5, 5.41) is 13.8. The molecule has 4 rings (SSSR count). The quantitative estimate of drug-likeness (QED) is 0.695. The SMILES string of the molecule is CCC(C)(C)n1nnnc1[C@@H](c1cc2cccc(C)c2[nH]c1=O)N1CCC(C)CC1. The number of aromatic amines is 1. The molecule has 0 spiro atoms. The van der Waals surface area contributed by atoms with Gasteiger partial charge in [0.25, 0.3) is 5.56 Å². The largest absolute Gasteiger partial charge is 0.321 e. The van der Waals surface area contributed by atoms with Crippen LogP contribution in [0.15, 0.2) is 29.1 Å². The fraction of sp³-hybridized carbons (Fsp3) is 0.565. The summed E-state index contributed by atoms with van der Waals surface area (Å²) in [6, 6.07) is 7.86. The predicted molar refractivity (Wildman–Crippen MR) is 119 cm³/mol. The Kier molecular flexibility index (Phi) is 5.49. The molecule has 7 nitrogen and oxygen atoms in total. The number of para-hydroxylation sites is 1. The van der Waals surface area contributed by atoms with Crippen LogP contribution in [-0.4, -0.2) is 43.2 Å². The summed E-state index contributed by atoms with van der Waals surface area (Å²) in [5.41, 5.74) is 2.37. The number of aryl methyl sites for hydroxylation is 1. The number of benzene rings is 1. The molecule has 1 fully saturated rings. The van der Waals surface area contributed by atoms with Gasteiger partial charge in [-0.3, -0.25) is 9.69 Å². The van der Waals surface area contributed by atoms with Gasteiger partial charge in [0.05, 0.1) is 11.1 Å². The molecule has 7 heteroatoms. The number of hydrogen-bond acceptors (Lipinski definition) is 5. The van der Waals surface area contributed by atoms with Crippen molar-refractivity contribution in [2.75, 3.05) is 13.1 Å². The molecule has 1 aliphatic heterocycles. The normalized spacial score (nSPS) is 17.5. The van der Waals surface area contributed by atoms with Crippen LogP contribution in [0.3, 0.4) is 0 Å². The summed E-state index contributed by atoms with van der Waals surface area (Å²) in [5.74, 6) is 1.44. The summed E-state index contributed by atoms with van der Waals surface area (Å²) in [7, 11) is 0. The smallest absolute Gasteiger partial charge is 0.253 e. The fourth-order valence-corrected chi connectivity index (χ4v) is 4.33. The summed E-state index contributed by atoms with van der Waals surface area (Å²) in [4.78, 5) is 18.8. The molecule has 0 bridgehead atoms. The van der Waals surface area contributed by atoms with E-state index in [4.69, 9.17) is 0 Å².